The molecular formula is C27H33N7S. The van der Waals surface area contributed by atoms with Crippen molar-refractivity contribution >= 4 is 28.1 Å². The van der Waals surface area contributed by atoms with Gasteiger partial charge in [0, 0.05) is 48.4 Å². The highest BCUT2D eigenvalue weighted by atomic mass is 32.1. The van der Waals surface area contributed by atoms with Gasteiger partial charge in [-0.15, -0.1) is 11.3 Å². The molecule has 3 N–H and O–H groups in total. The van der Waals surface area contributed by atoms with Crippen molar-refractivity contribution in [1.82, 2.24) is 30.0 Å². The van der Waals surface area contributed by atoms with Crippen LogP contribution in [0.4, 0.5) is 5.82 Å². The van der Waals surface area contributed by atoms with Crippen LogP contribution in [0.25, 0.3) is 21.3 Å². The van der Waals surface area contributed by atoms with Gasteiger partial charge in [-0.25, -0.2) is 9.97 Å². The van der Waals surface area contributed by atoms with Crippen LogP contribution in [0.3, 0.4) is 0 Å². The van der Waals surface area contributed by atoms with E-state index in [0.29, 0.717) is 23.8 Å². The second kappa shape index (κ2) is 9.68. The maximum atomic E-state index is 6.42. The van der Waals surface area contributed by atoms with Gasteiger partial charge in [0.1, 0.15) is 12.1 Å². The van der Waals surface area contributed by atoms with Crippen LogP contribution in [0.5, 0.6) is 0 Å². The molecule has 8 heteroatoms. The van der Waals surface area contributed by atoms with Gasteiger partial charge in [-0.2, -0.15) is 5.10 Å². The molecule has 2 aliphatic rings. The van der Waals surface area contributed by atoms with E-state index in [4.69, 9.17) is 10.7 Å². The first-order valence-corrected chi connectivity index (χ1v) is 13.5. The predicted octanol–water partition coefficient (Wildman–Crippen LogP) is 4.51. The average molecular weight is 488 g/mol. The Hall–Kier alpha value is -2.81. The summed E-state index contributed by atoms with van der Waals surface area (Å²) in [5, 5.41) is 9.21. The lowest BCUT2D eigenvalue weighted by atomic mass is 9.83. The molecule has 1 atom stereocenters. The van der Waals surface area contributed by atoms with Crippen LogP contribution < -0.4 is 11.1 Å². The Morgan fingerprint density at radius 1 is 1.11 bits per heavy atom. The van der Waals surface area contributed by atoms with Gasteiger partial charge in [0.15, 0.2) is 0 Å². The Balaban J connectivity index is 1.26. The van der Waals surface area contributed by atoms with Gasteiger partial charge in [-0.05, 0) is 44.1 Å². The Bertz CT molecular complexity index is 1290. The zero-order valence-corrected chi connectivity index (χ0v) is 21.0. The van der Waals surface area contributed by atoms with Crippen molar-refractivity contribution in [3.8, 4) is 10.4 Å². The summed E-state index contributed by atoms with van der Waals surface area (Å²) in [5.41, 5.74) is 9.77. The molecule has 4 aromatic rings. The van der Waals surface area contributed by atoms with E-state index in [1.54, 1.807) is 6.33 Å². The zero-order valence-electron chi connectivity index (χ0n) is 20.2. The molecule has 182 valence electrons. The standard InChI is InChI=1S/C27H33N7S/c1-18-14-33(12-11-29-18)22-9-7-20(8-10-22)26-24-23(27(28)31-17-30-24)25(35-26)21-13-32-34(16-21)15-19-5-3-2-4-6-19/h2-6,13,16-18,20,22,29H,7-12,14-15H2,1H3,(H2,28,30,31). The summed E-state index contributed by atoms with van der Waals surface area (Å²) in [5.74, 6) is 1.09. The summed E-state index contributed by atoms with van der Waals surface area (Å²) in [6, 6.07) is 11.7. The molecule has 1 aliphatic heterocycles. The van der Waals surface area contributed by atoms with E-state index in [1.165, 1.54) is 42.7 Å². The van der Waals surface area contributed by atoms with Gasteiger partial charge in [-0.1, -0.05) is 30.3 Å². The van der Waals surface area contributed by atoms with Crippen molar-refractivity contribution in [3.63, 3.8) is 0 Å². The van der Waals surface area contributed by atoms with Gasteiger partial charge >= 0.3 is 0 Å². The second-order valence-corrected chi connectivity index (χ2v) is 11.1. The molecule has 1 aliphatic carbocycles. The van der Waals surface area contributed by atoms with Crippen LogP contribution in [0, 0.1) is 0 Å². The summed E-state index contributed by atoms with van der Waals surface area (Å²) in [7, 11) is 0. The average Bonchev–Trinajstić information content (AvgIpc) is 3.50. The summed E-state index contributed by atoms with van der Waals surface area (Å²) in [4.78, 5) is 14.3. The first kappa shape index (κ1) is 22.6. The number of piperazine rings is 1. The number of hydrogen-bond acceptors (Lipinski definition) is 7. The van der Waals surface area contributed by atoms with Crippen LogP contribution in [0.15, 0.2) is 49.1 Å². The molecule has 7 nitrogen and oxygen atoms in total. The number of fused-ring (bicyclic) bond motifs is 1. The van der Waals surface area contributed by atoms with E-state index in [1.807, 2.05) is 28.3 Å². The van der Waals surface area contributed by atoms with Crippen LogP contribution in [-0.2, 0) is 6.54 Å². The fourth-order valence-corrected chi connectivity index (χ4v) is 7.23. The number of hydrogen-bond donors (Lipinski definition) is 2. The second-order valence-electron chi connectivity index (χ2n) is 10.0. The van der Waals surface area contributed by atoms with E-state index < -0.39 is 0 Å². The maximum absolute atomic E-state index is 6.42. The number of nitrogens with zero attached hydrogens (tertiary/aromatic N) is 5. The lowest BCUT2D eigenvalue weighted by molar-refractivity contribution is 0.115. The molecule has 1 aromatic carbocycles. The van der Waals surface area contributed by atoms with E-state index in [-0.39, 0.29) is 0 Å². The van der Waals surface area contributed by atoms with Crippen LogP contribution in [-0.4, -0.2) is 56.4 Å². The first-order valence-electron chi connectivity index (χ1n) is 12.7. The Labute approximate surface area is 210 Å². The number of nitrogens with two attached hydrogens (primary N) is 1. The van der Waals surface area contributed by atoms with E-state index >= 15 is 0 Å². The third kappa shape index (κ3) is 4.58. The van der Waals surface area contributed by atoms with Crippen LogP contribution in [0.1, 0.15) is 49.0 Å². The monoisotopic (exact) mass is 487 g/mol. The fourth-order valence-electron chi connectivity index (χ4n) is 5.83. The normalized spacial score (nSPS) is 23.6. The Kier molecular flexibility index (Phi) is 6.26. The van der Waals surface area contributed by atoms with Crippen molar-refractivity contribution in [2.75, 3.05) is 25.4 Å². The number of nitrogens with one attached hydrogen (secondary N) is 1. The molecule has 1 saturated heterocycles. The van der Waals surface area contributed by atoms with Crippen molar-refractivity contribution in [3.05, 3.63) is 59.5 Å². The van der Waals surface area contributed by atoms with E-state index in [2.05, 4.69) is 57.7 Å². The molecule has 1 saturated carbocycles. The maximum Gasteiger partial charge on any atom is 0.136 e. The number of nitrogen functional groups attached to an aromatic ring is 1. The van der Waals surface area contributed by atoms with Gasteiger partial charge in [0.25, 0.3) is 0 Å². The largest absolute Gasteiger partial charge is 0.383 e. The topological polar surface area (TPSA) is 84.9 Å². The summed E-state index contributed by atoms with van der Waals surface area (Å²) >= 11 is 1.84. The third-order valence-corrected chi connectivity index (χ3v) is 9.01. The third-order valence-electron chi connectivity index (χ3n) is 7.62. The number of benzene rings is 1. The molecule has 0 spiro atoms. The highest BCUT2D eigenvalue weighted by molar-refractivity contribution is 7.17. The van der Waals surface area contributed by atoms with Crippen molar-refractivity contribution < 1.29 is 0 Å². The number of rotatable bonds is 5. The van der Waals surface area contributed by atoms with E-state index in [9.17, 15) is 0 Å². The molecule has 0 amide bonds. The molecule has 35 heavy (non-hydrogen) atoms. The number of thiophene rings is 1. The van der Waals surface area contributed by atoms with Gasteiger partial charge in [0.2, 0.25) is 0 Å². The zero-order chi connectivity index (χ0) is 23.8. The first-order chi connectivity index (χ1) is 17.2. The van der Waals surface area contributed by atoms with Gasteiger partial charge in [0.05, 0.1) is 28.5 Å². The molecule has 3 aromatic heterocycles. The smallest absolute Gasteiger partial charge is 0.136 e. The van der Waals surface area contributed by atoms with Crippen LogP contribution >= 0.6 is 11.3 Å². The SMILES string of the molecule is CC1CN(C2CCC(c3sc(-c4cnn(Cc5ccccc5)c4)c4c(N)ncnc34)CC2)CCN1. The molecule has 6 rings (SSSR count). The summed E-state index contributed by atoms with van der Waals surface area (Å²) < 4.78 is 2.00. The number of aromatic nitrogens is 4. The predicted molar refractivity (Wildman–Crippen MR) is 143 cm³/mol. The summed E-state index contributed by atoms with van der Waals surface area (Å²) in [6.45, 7) is 6.48. The Morgan fingerprint density at radius 3 is 2.74 bits per heavy atom. The van der Waals surface area contributed by atoms with Crippen LogP contribution in [0.2, 0.25) is 0 Å². The molecule has 2 fully saturated rings. The van der Waals surface area contributed by atoms with Crippen molar-refractivity contribution in [2.45, 2.75) is 57.2 Å². The fraction of sp³-hybridized carbons (Fsp3) is 0.444. The lowest BCUT2D eigenvalue weighted by Crippen LogP contribution is -2.53. The van der Waals surface area contributed by atoms with Gasteiger partial charge in [-0.3, -0.25) is 9.58 Å². The van der Waals surface area contributed by atoms with Crippen molar-refractivity contribution in [1.29, 1.82) is 0 Å². The molecule has 4 heterocycles. The molecule has 0 radical (unpaired) electrons. The minimum atomic E-state index is 0.529. The van der Waals surface area contributed by atoms with Crippen molar-refractivity contribution in [2.24, 2.45) is 0 Å². The van der Waals surface area contributed by atoms with Gasteiger partial charge < -0.3 is 11.1 Å². The minimum Gasteiger partial charge on any atom is -0.383 e. The Morgan fingerprint density at radius 2 is 1.94 bits per heavy atom. The summed E-state index contributed by atoms with van der Waals surface area (Å²) in [6.07, 6.45) is 10.6. The minimum absolute atomic E-state index is 0.529. The molecule has 0 bridgehead atoms. The number of anilines is 1. The van der Waals surface area contributed by atoms with E-state index in [0.717, 1.165) is 41.0 Å². The molecular weight excluding hydrogens is 454 g/mol. The molecule has 1 unspecified atom stereocenters. The quantitative estimate of drug-likeness (QED) is 0.431. The highest BCUT2D eigenvalue weighted by Crippen LogP contribution is 2.47. The highest BCUT2D eigenvalue weighted by Gasteiger charge is 2.31. The lowest BCUT2D eigenvalue weighted by Gasteiger charge is -2.41.